The van der Waals surface area contributed by atoms with Crippen molar-refractivity contribution in [1.82, 2.24) is 9.13 Å². The molecular weight excluding hydrogens is 370 g/mol. The Bertz CT molecular complexity index is 1200. The smallest absolute Gasteiger partial charge is 0.325 e. The summed E-state index contributed by atoms with van der Waals surface area (Å²) in [5.74, 6) is -0.435. The summed E-state index contributed by atoms with van der Waals surface area (Å²) in [7, 11) is 0. The molecule has 0 unspecified atom stereocenters. The van der Waals surface area contributed by atoms with Crippen LogP contribution in [-0.4, -0.2) is 20.8 Å². The molecular formula is C22H23N3O4. The van der Waals surface area contributed by atoms with Gasteiger partial charge in [-0.2, -0.15) is 0 Å². The molecule has 3 rings (SSSR count). The van der Waals surface area contributed by atoms with Crippen LogP contribution in [0.2, 0.25) is 0 Å². The van der Waals surface area contributed by atoms with E-state index in [1.165, 1.54) is 16.1 Å². The minimum atomic E-state index is -0.518. The number of Topliss-reactive ketones (excluding diaryl/α,β-unsaturated/α-hetero) is 1. The Morgan fingerprint density at radius 3 is 2.41 bits per heavy atom. The highest BCUT2D eigenvalue weighted by Gasteiger charge is 2.16. The molecule has 0 fully saturated rings. The summed E-state index contributed by atoms with van der Waals surface area (Å²) in [5, 5.41) is 3.10. The Morgan fingerprint density at radius 1 is 1.00 bits per heavy atom. The van der Waals surface area contributed by atoms with E-state index in [9.17, 15) is 19.2 Å². The molecule has 0 spiro atoms. The number of carbonyl (C=O) groups is 2. The van der Waals surface area contributed by atoms with Gasteiger partial charge in [0.1, 0.15) is 6.54 Å². The Hall–Kier alpha value is -3.48. The Morgan fingerprint density at radius 2 is 1.72 bits per heavy atom. The number of hydrogen-bond donors (Lipinski definition) is 1. The number of carbonyl (C=O) groups excluding carboxylic acids is 2. The molecule has 29 heavy (non-hydrogen) atoms. The first-order chi connectivity index (χ1) is 13.8. The normalized spacial score (nSPS) is 11.0. The van der Waals surface area contributed by atoms with Crippen LogP contribution < -0.4 is 16.6 Å². The molecule has 1 aromatic heterocycles. The number of fused-ring (bicyclic) bond motifs is 1. The van der Waals surface area contributed by atoms with Gasteiger partial charge in [0.25, 0.3) is 5.56 Å². The lowest BCUT2D eigenvalue weighted by atomic mass is 10.1. The highest BCUT2D eigenvalue weighted by molar-refractivity contribution is 5.97. The van der Waals surface area contributed by atoms with E-state index in [0.29, 0.717) is 22.2 Å². The molecule has 1 heterocycles. The zero-order valence-electron chi connectivity index (χ0n) is 16.6. The maximum absolute atomic E-state index is 13.0. The number of aromatic nitrogens is 2. The molecule has 0 aliphatic rings. The first-order valence-corrected chi connectivity index (χ1v) is 9.41. The van der Waals surface area contributed by atoms with E-state index in [1.807, 2.05) is 13.8 Å². The van der Waals surface area contributed by atoms with Gasteiger partial charge in [-0.25, -0.2) is 4.79 Å². The Balaban J connectivity index is 2.00. The summed E-state index contributed by atoms with van der Waals surface area (Å²) in [6, 6.07) is 13.4. The zero-order chi connectivity index (χ0) is 21.1. The Kier molecular flexibility index (Phi) is 5.77. The lowest BCUT2D eigenvalue weighted by molar-refractivity contribution is -0.116. The SMILES string of the molecule is CC(=O)c1cccc(NC(=O)Cn2c(=O)n(CC(C)C)c(=O)c3ccccc32)c1. The van der Waals surface area contributed by atoms with Gasteiger partial charge in [0.2, 0.25) is 5.91 Å². The van der Waals surface area contributed by atoms with Gasteiger partial charge in [-0.1, -0.05) is 38.1 Å². The lowest BCUT2D eigenvalue weighted by Crippen LogP contribution is -2.42. The highest BCUT2D eigenvalue weighted by Crippen LogP contribution is 2.12. The molecule has 150 valence electrons. The summed E-state index contributed by atoms with van der Waals surface area (Å²) in [6.07, 6.45) is 0. The van der Waals surface area contributed by atoms with E-state index in [4.69, 9.17) is 0 Å². The van der Waals surface area contributed by atoms with Gasteiger partial charge >= 0.3 is 5.69 Å². The minimum Gasteiger partial charge on any atom is -0.325 e. The summed E-state index contributed by atoms with van der Waals surface area (Å²) >= 11 is 0. The van der Waals surface area contributed by atoms with E-state index in [-0.39, 0.29) is 30.3 Å². The average molecular weight is 393 g/mol. The molecule has 0 atom stereocenters. The van der Waals surface area contributed by atoms with E-state index in [1.54, 1.807) is 48.5 Å². The summed E-state index contributed by atoms with van der Waals surface area (Å²) < 4.78 is 2.49. The number of nitrogens with zero attached hydrogens (tertiary/aromatic N) is 2. The van der Waals surface area contributed by atoms with Crippen molar-refractivity contribution in [3.63, 3.8) is 0 Å². The predicted octanol–water partition coefficient (Wildman–Crippen LogP) is 2.66. The summed E-state index contributed by atoms with van der Waals surface area (Å²) in [5.41, 5.74) is 0.488. The molecule has 7 nitrogen and oxygen atoms in total. The van der Waals surface area contributed by atoms with E-state index in [0.717, 1.165) is 0 Å². The average Bonchev–Trinajstić information content (AvgIpc) is 2.68. The number of rotatable bonds is 6. The third-order valence-electron chi connectivity index (χ3n) is 4.53. The van der Waals surface area contributed by atoms with Crippen molar-refractivity contribution in [3.05, 3.63) is 74.9 Å². The van der Waals surface area contributed by atoms with Crippen molar-refractivity contribution in [2.45, 2.75) is 33.9 Å². The van der Waals surface area contributed by atoms with Crippen molar-refractivity contribution >= 4 is 28.3 Å². The first kappa shape index (κ1) is 20.3. The molecule has 0 aliphatic carbocycles. The van der Waals surface area contributed by atoms with Gasteiger partial charge in [-0.3, -0.25) is 23.5 Å². The third-order valence-corrected chi connectivity index (χ3v) is 4.53. The second-order valence-electron chi connectivity index (χ2n) is 7.38. The van der Waals surface area contributed by atoms with Crippen LogP contribution in [0.15, 0.2) is 58.1 Å². The first-order valence-electron chi connectivity index (χ1n) is 9.41. The van der Waals surface area contributed by atoms with Crippen molar-refractivity contribution in [2.24, 2.45) is 5.92 Å². The van der Waals surface area contributed by atoms with Crippen LogP contribution in [0.25, 0.3) is 10.9 Å². The van der Waals surface area contributed by atoms with Crippen molar-refractivity contribution in [2.75, 3.05) is 5.32 Å². The zero-order valence-corrected chi connectivity index (χ0v) is 16.6. The van der Waals surface area contributed by atoms with E-state index in [2.05, 4.69) is 5.32 Å². The Labute approximate surface area is 167 Å². The third kappa shape index (κ3) is 4.34. The van der Waals surface area contributed by atoms with Gasteiger partial charge in [0, 0.05) is 17.8 Å². The van der Waals surface area contributed by atoms with Crippen molar-refractivity contribution in [1.29, 1.82) is 0 Å². The van der Waals surface area contributed by atoms with Gasteiger partial charge in [-0.15, -0.1) is 0 Å². The van der Waals surface area contributed by atoms with Gasteiger partial charge in [0.15, 0.2) is 5.78 Å². The van der Waals surface area contributed by atoms with Gasteiger partial charge < -0.3 is 5.32 Å². The maximum atomic E-state index is 13.0. The molecule has 0 bridgehead atoms. The van der Waals surface area contributed by atoms with Crippen LogP contribution in [0.4, 0.5) is 5.69 Å². The monoisotopic (exact) mass is 393 g/mol. The quantitative estimate of drug-likeness (QED) is 0.652. The standard InChI is InChI=1S/C22H23N3O4/c1-14(2)12-25-21(28)18-9-4-5-10-19(18)24(22(25)29)13-20(27)23-17-8-6-7-16(11-17)15(3)26/h4-11,14H,12-13H2,1-3H3,(H,23,27). The predicted molar refractivity (Wildman–Crippen MR) is 112 cm³/mol. The second-order valence-corrected chi connectivity index (χ2v) is 7.38. The molecule has 0 saturated heterocycles. The van der Waals surface area contributed by atoms with Crippen molar-refractivity contribution < 1.29 is 9.59 Å². The van der Waals surface area contributed by atoms with Gasteiger partial charge in [-0.05, 0) is 37.1 Å². The van der Waals surface area contributed by atoms with Crippen LogP contribution >= 0.6 is 0 Å². The summed E-state index contributed by atoms with van der Waals surface area (Å²) in [6.45, 7) is 5.30. The second kappa shape index (κ2) is 8.26. The number of anilines is 1. The molecule has 1 amide bonds. The van der Waals surface area contributed by atoms with Crippen LogP contribution in [0.3, 0.4) is 0 Å². The van der Waals surface area contributed by atoms with Crippen molar-refractivity contribution in [3.8, 4) is 0 Å². The van der Waals surface area contributed by atoms with E-state index >= 15 is 0 Å². The number of para-hydroxylation sites is 1. The summed E-state index contributed by atoms with van der Waals surface area (Å²) in [4.78, 5) is 49.9. The molecule has 0 aliphatic heterocycles. The molecule has 0 radical (unpaired) electrons. The number of ketones is 1. The minimum absolute atomic E-state index is 0.0955. The number of nitrogens with one attached hydrogen (secondary N) is 1. The molecule has 7 heteroatoms. The molecule has 0 saturated carbocycles. The fourth-order valence-electron chi connectivity index (χ4n) is 3.21. The van der Waals surface area contributed by atoms with Crippen LogP contribution in [0.5, 0.6) is 0 Å². The fourth-order valence-corrected chi connectivity index (χ4v) is 3.21. The fraction of sp³-hybridized carbons (Fsp3) is 0.273. The van der Waals surface area contributed by atoms with Crippen LogP contribution in [0, 0.1) is 5.92 Å². The molecule has 3 aromatic rings. The highest BCUT2D eigenvalue weighted by atomic mass is 16.2. The largest absolute Gasteiger partial charge is 0.331 e. The van der Waals surface area contributed by atoms with E-state index < -0.39 is 11.6 Å². The number of amides is 1. The molecule has 2 aromatic carbocycles. The van der Waals surface area contributed by atoms with Crippen LogP contribution in [-0.2, 0) is 17.9 Å². The number of hydrogen-bond acceptors (Lipinski definition) is 4. The number of benzene rings is 2. The van der Waals surface area contributed by atoms with Gasteiger partial charge in [0.05, 0.1) is 10.9 Å². The maximum Gasteiger partial charge on any atom is 0.331 e. The van der Waals surface area contributed by atoms with Crippen LogP contribution in [0.1, 0.15) is 31.1 Å². The lowest BCUT2D eigenvalue weighted by Gasteiger charge is -2.15. The topological polar surface area (TPSA) is 90.2 Å². The molecule has 1 N–H and O–H groups in total.